The SMILES string of the molecule is COC(=O)CCNC(=O)c1cccc(CC2CCN(C(=O)c3cccnn3)C2)c1.O=CO. The van der Waals surface area contributed by atoms with Gasteiger partial charge in [0.25, 0.3) is 18.3 Å². The molecular weight excluding hydrogens is 416 g/mol. The molecule has 10 heteroatoms. The van der Waals surface area contributed by atoms with Gasteiger partial charge < -0.3 is 20.1 Å². The number of likely N-dealkylation sites (tertiary alicyclic amines) is 1. The molecule has 10 nitrogen and oxygen atoms in total. The van der Waals surface area contributed by atoms with Crippen LogP contribution in [-0.4, -0.2) is 71.2 Å². The lowest BCUT2D eigenvalue weighted by molar-refractivity contribution is -0.140. The molecule has 170 valence electrons. The molecule has 1 atom stereocenters. The van der Waals surface area contributed by atoms with Crippen LogP contribution in [-0.2, 0) is 20.7 Å². The van der Waals surface area contributed by atoms with E-state index in [0.717, 1.165) is 18.4 Å². The average Bonchev–Trinajstić information content (AvgIpc) is 3.28. The van der Waals surface area contributed by atoms with Crippen molar-refractivity contribution in [1.82, 2.24) is 20.4 Å². The molecule has 0 bridgehead atoms. The van der Waals surface area contributed by atoms with Crippen molar-refractivity contribution in [2.45, 2.75) is 19.3 Å². The van der Waals surface area contributed by atoms with E-state index in [9.17, 15) is 14.4 Å². The van der Waals surface area contributed by atoms with E-state index >= 15 is 0 Å². The summed E-state index contributed by atoms with van der Waals surface area (Å²) in [4.78, 5) is 46.1. The first-order chi connectivity index (χ1) is 15.5. The number of benzene rings is 1. The van der Waals surface area contributed by atoms with Crippen LogP contribution in [0.25, 0.3) is 0 Å². The van der Waals surface area contributed by atoms with E-state index in [1.807, 2.05) is 18.2 Å². The number of aromatic nitrogens is 2. The molecule has 1 aromatic heterocycles. The van der Waals surface area contributed by atoms with E-state index in [-0.39, 0.29) is 37.2 Å². The molecule has 1 saturated heterocycles. The zero-order valence-corrected chi connectivity index (χ0v) is 17.8. The molecule has 0 aliphatic carbocycles. The summed E-state index contributed by atoms with van der Waals surface area (Å²) < 4.78 is 4.56. The normalized spacial score (nSPS) is 14.7. The van der Waals surface area contributed by atoms with Crippen LogP contribution in [0.1, 0.15) is 39.3 Å². The fourth-order valence-electron chi connectivity index (χ4n) is 3.42. The van der Waals surface area contributed by atoms with Crippen molar-refractivity contribution in [3.63, 3.8) is 0 Å². The van der Waals surface area contributed by atoms with Crippen molar-refractivity contribution in [1.29, 1.82) is 0 Å². The van der Waals surface area contributed by atoms with Crippen molar-refractivity contribution in [3.05, 3.63) is 59.4 Å². The molecule has 0 saturated carbocycles. The van der Waals surface area contributed by atoms with Crippen LogP contribution in [0, 0.1) is 5.92 Å². The Kier molecular flexibility index (Phi) is 9.76. The lowest BCUT2D eigenvalue weighted by Crippen LogP contribution is -2.29. The van der Waals surface area contributed by atoms with Crippen molar-refractivity contribution in [2.24, 2.45) is 5.92 Å². The first kappa shape index (κ1) is 24.4. The quantitative estimate of drug-likeness (QED) is 0.481. The molecule has 1 fully saturated rings. The summed E-state index contributed by atoms with van der Waals surface area (Å²) >= 11 is 0. The summed E-state index contributed by atoms with van der Waals surface area (Å²) in [5.74, 6) is -0.352. The number of hydrogen-bond donors (Lipinski definition) is 2. The van der Waals surface area contributed by atoms with E-state index < -0.39 is 0 Å². The van der Waals surface area contributed by atoms with Crippen LogP contribution >= 0.6 is 0 Å². The summed E-state index contributed by atoms with van der Waals surface area (Å²) in [6.07, 6.45) is 3.37. The van der Waals surface area contributed by atoms with Gasteiger partial charge in [0.1, 0.15) is 0 Å². The van der Waals surface area contributed by atoms with E-state index in [2.05, 4.69) is 20.3 Å². The van der Waals surface area contributed by atoms with E-state index in [1.54, 1.807) is 29.3 Å². The molecule has 1 aromatic carbocycles. The summed E-state index contributed by atoms with van der Waals surface area (Å²) in [5.41, 5.74) is 1.96. The molecule has 2 heterocycles. The molecule has 3 rings (SSSR count). The monoisotopic (exact) mass is 442 g/mol. The average molecular weight is 442 g/mol. The Morgan fingerprint density at radius 3 is 2.75 bits per heavy atom. The Labute approximate surface area is 185 Å². The smallest absolute Gasteiger partial charge is 0.307 e. The minimum Gasteiger partial charge on any atom is -0.483 e. The summed E-state index contributed by atoms with van der Waals surface area (Å²) in [6, 6.07) is 10.8. The first-order valence-electron chi connectivity index (χ1n) is 10.1. The van der Waals surface area contributed by atoms with Gasteiger partial charge in [-0.25, -0.2) is 0 Å². The minimum absolute atomic E-state index is 0.0978. The van der Waals surface area contributed by atoms with E-state index in [0.29, 0.717) is 30.3 Å². The number of rotatable bonds is 7. The van der Waals surface area contributed by atoms with E-state index in [1.165, 1.54) is 7.11 Å². The van der Waals surface area contributed by atoms with Gasteiger partial charge in [0, 0.05) is 31.4 Å². The number of ether oxygens (including phenoxy) is 1. The highest BCUT2D eigenvalue weighted by molar-refractivity contribution is 5.94. The molecular formula is C22H26N4O6. The Balaban J connectivity index is 0.00000114. The fourth-order valence-corrected chi connectivity index (χ4v) is 3.42. The number of nitrogens with zero attached hydrogens (tertiary/aromatic N) is 3. The Morgan fingerprint density at radius 1 is 1.28 bits per heavy atom. The maximum Gasteiger partial charge on any atom is 0.307 e. The summed E-state index contributed by atoms with van der Waals surface area (Å²) in [6.45, 7) is 1.33. The number of carboxylic acid groups (broad SMARTS) is 1. The number of esters is 1. The minimum atomic E-state index is -0.360. The topological polar surface area (TPSA) is 139 Å². The molecule has 32 heavy (non-hydrogen) atoms. The predicted octanol–water partition coefficient (Wildman–Crippen LogP) is 1.18. The highest BCUT2D eigenvalue weighted by Gasteiger charge is 2.27. The number of carbonyl (C=O) groups is 4. The van der Waals surface area contributed by atoms with Crippen LogP contribution in [0.2, 0.25) is 0 Å². The van der Waals surface area contributed by atoms with Gasteiger partial charge in [0.2, 0.25) is 0 Å². The Bertz CT molecular complexity index is 922. The molecule has 1 aliphatic heterocycles. The predicted molar refractivity (Wildman–Crippen MR) is 114 cm³/mol. The number of methoxy groups -OCH3 is 1. The van der Waals surface area contributed by atoms with Gasteiger partial charge in [-0.2, -0.15) is 5.10 Å². The number of nitrogens with one attached hydrogen (secondary N) is 1. The van der Waals surface area contributed by atoms with Gasteiger partial charge in [-0.15, -0.1) is 5.10 Å². The molecule has 2 amide bonds. The van der Waals surface area contributed by atoms with Crippen molar-refractivity contribution in [3.8, 4) is 0 Å². The van der Waals surface area contributed by atoms with Gasteiger partial charge in [-0.1, -0.05) is 12.1 Å². The highest BCUT2D eigenvalue weighted by atomic mass is 16.5. The molecule has 2 aromatic rings. The molecule has 0 radical (unpaired) electrons. The third-order valence-corrected chi connectivity index (χ3v) is 4.92. The van der Waals surface area contributed by atoms with Crippen molar-refractivity contribution < 1.29 is 29.0 Å². The first-order valence-corrected chi connectivity index (χ1v) is 10.1. The maximum atomic E-state index is 12.5. The second-order valence-electron chi connectivity index (χ2n) is 7.11. The van der Waals surface area contributed by atoms with Crippen LogP contribution in [0.3, 0.4) is 0 Å². The molecule has 1 unspecified atom stereocenters. The lowest BCUT2D eigenvalue weighted by atomic mass is 9.97. The van der Waals surface area contributed by atoms with Gasteiger partial charge in [-0.3, -0.25) is 19.2 Å². The Hall–Kier alpha value is -3.82. The van der Waals surface area contributed by atoms with Crippen molar-refractivity contribution >= 4 is 24.3 Å². The summed E-state index contributed by atoms with van der Waals surface area (Å²) in [5, 5.41) is 17.3. The molecule has 1 aliphatic rings. The maximum absolute atomic E-state index is 12.5. The fraction of sp³-hybridized carbons (Fsp3) is 0.364. The molecule has 0 spiro atoms. The molecule has 2 N–H and O–H groups in total. The van der Waals surface area contributed by atoms with Crippen LogP contribution in [0.15, 0.2) is 42.6 Å². The second-order valence-corrected chi connectivity index (χ2v) is 7.11. The Morgan fingerprint density at radius 2 is 2.06 bits per heavy atom. The number of hydrogen-bond acceptors (Lipinski definition) is 7. The zero-order valence-electron chi connectivity index (χ0n) is 17.8. The zero-order chi connectivity index (χ0) is 23.3. The number of carbonyl (C=O) groups excluding carboxylic acids is 3. The van der Waals surface area contributed by atoms with Crippen LogP contribution < -0.4 is 5.32 Å². The largest absolute Gasteiger partial charge is 0.483 e. The second kappa shape index (κ2) is 12.8. The third-order valence-electron chi connectivity index (χ3n) is 4.92. The van der Waals surface area contributed by atoms with Crippen molar-refractivity contribution in [2.75, 3.05) is 26.7 Å². The summed E-state index contributed by atoms with van der Waals surface area (Å²) in [7, 11) is 1.32. The highest BCUT2D eigenvalue weighted by Crippen LogP contribution is 2.22. The van der Waals surface area contributed by atoms with Gasteiger partial charge >= 0.3 is 5.97 Å². The number of amides is 2. The standard InChI is InChI=1S/C21H24N4O4.CH2O2/c1-29-19(26)7-10-22-20(27)17-5-2-4-15(13-17)12-16-8-11-25(14-16)21(28)18-6-3-9-23-24-18;2-1-3/h2-6,9,13,16H,7-8,10-12,14H2,1H3,(H,22,27);1H,(H,2,3). The van der Waals surface area contributed by atoms with Crippen LogP contribution in [0.5, 0.6) is 0 Å². The van der Waals surface area contributed by atoms with Crippen LogP contribution in [0.4, 0.5) is 0 Å². The lowest BCUT2D eigenvalue weighted by Gasteiger charge is -2.16. The third kappa shape index (κ3) is 7.46. The van der Waals surface area contributed by atoms with E-state index in [4.69, 9.17) is 9.90 Å². The van der Waals surface area contributed by atoms with Gasteiger partial charge in [0.05, 0.1) is 13.5 Å². The van der Waals surface area contributed by atoms with Gasteiger partial charge in [0.15, 0.2) is 5.69 Å². The van der Waals surface area contributed by atoms with Gasteiger partial charge in [-0.05, 0) is 48.6 Å².